The monoisotopic (exact) mass is 257 g/mol. The van der Waals surface area contributed by atoms with E-state index in [-0.39, 0.29) is 23.1 Å². The predicted octanol–water partition coefficient (Wildman–Crippen LogP) is 2.54. The second-order valence-corrected chi connectivity index (χ2v) is 6.22. The van der Waals surface area contributed by atoms with Crippen molar-refractivity contribution in [3.05, 3.63) is 35.4 Å². The molecule has 1 aliphatic heterocycles. The third-order valence-electron chi connectivity index (χ3n) is 4.61. The fourth-order valence-corrected chi connectivity index (χ4v) is 3.51. The maximum atomic E-state index is 12.3. The molecule has 3 heteroatoms. The third kappa shape index (κ3) is 2.07. The van der Waals surface area contributed by atoms with Crippen molar-refractivity contribution in [1.82, 2.24) is 5.32 Å². The lowest BCUT2D eigenvalue weighted by Gasteiger charge is -2.40. The summed E-state index contributed by atoms with van der Waals surface area (Å²) >= 11 is 0. The van der Waals surface area contributed by atoms with Crippen molar-refractivity contribution in [1.29, 1.82) is 0 Å². The number of benzene rings is 1. The van der Waals surface area contributed by atoms with Gasteiger partial charge in [-0.3, -0.25) is 14.9 Å². The molecular formula is C16H19NO2. The van der Waals surface area contributed by atoms with Gasteiger partial charge in [0, 0.05) is 6.42 Å². The van der Waals surface area contributed by atoms with Crippen molar-refractivity contribution in [2.24, 2.45) is 11.3 Å². The summed E-state index contributed by atoms with van der Waals surface area (Å²) in [6, 6.07) is 8.10. The molecule has 1 N–H and O–H groups in total. The summed E-state index contributed by atoms with van der Waals surface area (Å²) in [7, 11) is 0. The fraction of sp³-hybridized carbons (Fsp3) is 0.500. The van der Waals surface area contributed by atoms with Crippen LogP contribution in [0.1, 0.15) is 43.2 Å². The van der Waals surface area contributed by atoms with Gasteiger partial charge >= 0.3 is 0 Å². The highest BCUT2D eigenvalue weighted by molar-refractivity contribution is 6.02. The number of nitrogens with one attached hydrogen (secondary N) is 1. The summed E-state index contributed by atoms with van der Waals surface area (Å²) in [5, 5.41) is 2.51. The molecule has 19 heavy (non-hydrogen) atoms. The molecule has 0 radical (unpaired) electrons. The number of piperidine rings is 1. The van der Waals surface area contributed by atoms with E-state index in [0.29, 0.717) is 12.3 Å². The Hall–Kier alpha value is -1.64. The Morgan fingerprint density at radius 3 is 2.63 bits per heavy atom. The van der Waals surface area contributed by atoms with Gasteiger partial charge in [-0.25, -0.2) is 0 Å². The zero-order valence-corrected chi connectivity index (χ0v) is 11.4. The van der Waals surface area contributed by atoms with Gasteiger partial charge in [0.15, 0.2) is 0 Å². The Morgan fingerprint density at radius 1 is 1.26 bits per heavy atom. The highest BCUT2D eigenvalue weighted by Crippen LogP contribution is 2.56. The van der Waals surface area contributed by atoms with Gasteiger partial charge in [0.25, 0.3) is 0 Å². The van der Waals surface area contributed by atoms with Crippen molar-refractivity contribution in [3.63, 3.8) is 0 Å². The molecule has 2 atom stereocenters. The molecule has 0 bridgehead atoms. The summed E-state index contributed by atoms with van der Waals surface area (Å²) in [6.07, 6.45) is 2.74. The van der Waals surface area contributed by atoms with E-state index >= 15 is 0 Å². The van der Waals surface area contributed by atoms with E-state index in [2.05, 4.69) is 18.3 Å². The third-order valence-corrected chi connectivity index (χ3v) is 4.61. The van der Waals surface area contributed by atoms with Crippen molar-refractivity contribution in [2.45, 2.75) is 39.0 Å². The summed E-state index contributed by atoms with van der Waals surface area (Å²) in [5.74, 6) is 0.0603. The average molecular weight is 257 g/mol. The van der Waals surface area contributed by atoms with Crippen molar-refractivity contribution >= 4 is 11.8 Å². The lowest BCUT2D eigenvalue weighted by molar-refractivity contribution is -0.140. The minimum atomic E-state index is -0.215. The fourth-order valence-electron chi connectivity index (χ4n) is 3.51. The van der Waals surface area contributed by atoms with E-state index in [9.17, 15) is 9.59 Å². The van der Waals surface area contributed by atoms with Crippen LogP contribution in [0.15, 0.2) is 24.3 Å². The van der Waals surface area contributed by atoms with Gasteiger partial charge < -0.3 is 0 Å². The predicted molar refractivity (Wildman–Crippen MR) is 72.5 cm³/mol. The smallest absolute Gasteiger partial charge is 0.234 e. The molecule has 3 nitrogen and oxygen atoms in total. The number of imide groups is 1. The molecule has 1 heterocycles. The van der Waals surface area contributed by atoms with Crippen LogP contribution in [0.25, 0.3) is 0 Å². The van der Waals surface area contributed by atoms with E-state index in [0.717, 1.165) is 24.0 Å². The Kier molecular flexibility index (Phi) is 2.73. The molecule has 1 saturated carbocycles. The van der Waals surface area contributed by atoms with E-state index in [1.807, 2.05) is 25.1 Å². The number of amides is 2. The van der Waals surface area contributed by atoms with Gasteiger partial charge in [-0.15, -0.1) is 0 Å². The molecule has 1 saturated heterocycles. The molecule has 2 unspecified atom stereocenters. The first-order chi connectivity index (χ1) is 9.00. The maximum Gasteiger partial charge on any atom is 0.234 e. The molecule has 1 aromatic rings. The minimum Gasteiger partial charge on any atom is -0.296 e. The van der Waals surface area contributed by atoms with Crippen molar-refractivity contribution in [3.8, 4) is 0 Å². The maximum absolute atomic E-state index is 12.3. The van der Waals surface area contributed by atoms with E-state index in [1.165, 1.54) is 0 Å². The Balaban J connectivity index is 2.04. The molecule has 2 fully saturated rings. The van der Waals surface area contributed by atoms with Gasteiger partial charge in [0.05, 0.1) is 5.92 Å². The van der Waals surface area contributed by atoms with Crippen LogP contribution in [0.5, 0.6) is 0 Å². The van der Waals surface area contributed by atoms with Crippen LogP contribution in [0, 0.1) is 18.3 Å². The van der Waals surface area contributed by atoms with Crippen LogP contribution in [-0.2, 0) is 9.59 Å². The Labute approximate surface area is 113 Å². The molecule has 1 aromatic carbocycles. The van der Waals surface area contributed by atoms with Crippen molar-refractivity contribution < 1.29 is 9.59 Å². The summed E-state index contributed by atoms with van der Waals surface area (Å²) in [6.45, 7) is 4.14. The molecule has 3 rings (SSSR count). The molecule has 0 spiro atoms. The highest BCUT2D eigenvalue weighted by Gasteiger charge is 2.53. The molecule has 1 aliphatic carbocycles. The first-order valence-electron chi connectivity index (χ1n) is 6.91. The zero-order valence-electron chi connectivity index (χ0n) is 11.4. The quantitative estimate of drug-likeness (QED) is 0.828. The van der Waals surface area contributed by atoms with Gasteiger partial charge in [-0.1, -0.05) is 36.8 Å². The van der Waals surface area contributed by atoms with Crippen LogP contribution in [0.3, 0.4) is 0 Å². The van der Waals surface area contributed by atoms with Gasteiger partial charge in [0.2, 0.25) is 11.8 Å². The SMILES string of the molecule is Cc1cccc(C2C(=O)NC(=O)CC2(C)C2CC2)c1. The number of aryl methyl sites for hydroxylation is 1. The summed E-state index contributed by atoms with van der Waals surface area (Å²) in [5.41, 5.74) is 1.98. The van der Waals surface area contributed by atoms with Crippen LogP contribution in [-0.4, -0.2) is 11.8 Å². The van der Waals surface area contributed by atoms with Gasteiger partial charge in [-0.05, 0) is 36.7 Å². The second-order valence-electron chi connectivity index (χ2n) is 6.22. The minimum absolute atomic E-state index is 0.122. The normalized spacial score (nSPS) is 31.2. The molecule has 2 amide bonds. The van der Waals surface area contributed by atoms with Gasteiger partial charge in [0.1, 0.15) is 0 Å². The number of carbonyl (C=O) groups excluding carboxylic acids is 2. The second kappa shape index (κ2) is 4.19. The number of carbonyl (C=O) groups is 2. The number of rotatable bonds is 2. The standard InChI is InChI=1S/C16H19NO2/c1-10-4-3-5-11(8-10)14-15(19)17-13(18)9-16(14,2)12-6-7-12/h3-5,8,12,14H,6-7,9H2,1-2H3,(H,17,18,19). The first kappa shape index (κ1) is 12.4. The molecule has 0 aromatic heterocycles. The van der Waals surface area contributed by atoms with Gasteiger partial charge in [-0.2, -0.15) is 0 Å². The largest absolute Gasteiger partial charge is 0.296 e. The topological polar surface area (TPSA) is 46.2 Å². The lowest BCUT2D eigenvalue weighted by atomic mass is 9.65. The van der Waals surface area contributed by atoms with Crippen LogP contribution >= 0.6 is 0 Å². The van der Waals surface area contributed by atoms with E-state index < -0.39 is 0 Å². The lowest BCUT2D eigenvalue weighted by Crippen LogP contribution is -2.50. The van der Waals surface area contributed by atoms with E-state index in [4.69, 9.17) is 0 Å². The highest BCUT2D eigenvalue weighted by atomic mass is 16.2. The Bertz CT molecular complexity index is 547. The molecule has 100 valence electrons. The van der Waals surface area contributed by atoms with Crippen LogP contribution in [0.2, 0.25) is 0 Å². The summed E-state index contributed by atoms with van der Waals surface area (Å²) < 4.78 is 0. The average Bonchev–Trinajstić information content (AvgIpc) is 3.11. The number of hydrogen-bond acceptors (Lipinski definition) is 2. The summed E-state index contributed by atoms with van der Waals surface area (Å²) in [4.78, 5) is 24.1. The molecule has 2 aliphatic rings. The van der Waals surface area contributed by atoms with Crippen LogP contribution < -0.4 is 5.32 Å². The first-order valence-corrected chi connectivity index (χ1v) is 6.91. The van der Waals surface area contributed by atoms with E-state index in [1.54, 1.807) is 0 Å². The molecular weight excluding hydrogens is 238 g/mol. The number of hydrogen-bond donors (Lipinski definition) is 1. The zero-order chi connectivity index (χ0) is 13.6. The Morgan fingerprint density at radius 2 is 2.00 bits per heavy atom. The van der Waals surface area contributed by atoms with Crippen molar-refractivity contribution in [2.75, 3.05) is 0 Å². The van der Waals surface area contributed by atoms with Crippen LogP contribution in [0.4, 0.5) is 0 Å².